The van der Waals surface area contributed by atoms with Gasteiger partial charge in [0.05, 0.1) is 12.5 Å². The molecule has 3 saturated heterocycles. The molecule has 2 unspecified atom stereocenters. The van der Waals surface area contributed by atoms with E-state index < -0.39 is 12.0 Å². The minimum absolute atomic E-state index is 0.0145. The lowest BCUT2D eigenvalue weighted by atomic mass is 9.91. The van der Waals surface area contributed by atoms with E-state index in [1.165, 1.54) is 0 Å². The van der Waals surface area contributed by atoms with E-state index in [1.807, 2.05) is 11.8 Å². The maximum Gasteiger partial charge on any atom is 0.455 e. The maximum atomic E-state index is 12.8. The van der Waals surface area contributed by atoms with E-state index >= 15 is 0 Å². The zero-order valence-electron chi connectivity index (χ0n) is 15.8. The predicted octanol–water partition coefficient (Wildman–Crippen LogP) is 2.86. The van der Waals surface area contributed by atoms with E-state index in [0.29, 0.717) is 12.6 Å². The SMILES string of the molecule is CCOC(=O)C1CCN(C2CC3CCC(C2)N3c2nc(C(F)(F)F)no2)CC1. The molecule has 3 aliphatic rings. The van der Waals surface area contributed by atoms with E-state index in [-0.39, 0.29) is 30.0 Å². The molecule has 10 heteroatoms. The van der Waals surface area contributed by atoms with Crippen LogP contribution in [0.3, 0.4) is 0 Å². The van der Waals surface area contributed by atoms with Crippen molar-refractivity contribution in [3.05, 3.63) is 5.82 Å². The summed E-state index contributed by atoms with van der Waals surface area (Å²) >= 11 is 0. The van der Waals surface area contributed by atoms with Crippen LogP contribution in [-0.4, -0.2) is 58.8 Å². The number of fused-ring (bicyclic) bond motifs is 2. The first kappa shape index (κ1) is 19.5. The van der Waals surface area contributed by atoms with Crippen LogP contribution in [0.2, 0.25) is 0 Å². The second-order valence-electron chi connectivity index (χ2n) is 7.88. The van der Waals surface area contributed by atoms with Crippen LogP contribution in [0.1, 0.15) is 51.3 Å². The predicted molar refractivity (Wildman–Crippen MR) is 92.5 cm³/mol. The summed E-state index contributed by atoms with van der Waals surface area (Å²) in [7, 11) is 0. The molecule has 0 aliphatic carbocycles. The Morgan fingerprint density at radius 1 is 1.14 bits per heavy atom. The molecule has 0 N–H and O–H groups in total. The molecule has 3 aliphatic heterocycles. The standard InChI is InChI=1S/C18H25F3N4O3/c1-2-27-15(26)11-5-7-24(8-6-11)14-9-12-3-4-13(10-14)25(12)17-22-16(23-28-17)18(19,20)21/h11-14H,2-10H2,1H3. The summed E-state index contributed by atoms with van der Waals surface area (Å²) in [5.41, 5.74) is 0. The number of hydrogen-bond donors (Lipinski definition) is 0. The quantitative estimate of drug-likeness (QED) is 0.717. The highest BCUT2D eigenvalue weighted by molar-refractivity contribution is 5.72. The third kappa shape index (κ3) is 3.70. The Bertz CT molecular complexity index is 688. The Morgan fingerprint density at radius 3 is 2.32 bits per heavy atom. The van der Waals surface area contributed by atoms with E-state index in [0.717, 1.165) is 51.6 Å². The van der Waals surface area contributed by atoms with Gasteiger partial charge >= 0.3 is 18.2 Å². The third-order valence-electron chi connectivity index (χ3n) is 6.26. The van der Waals surface area contributed by atoms with Crippen LogP contribution in [0.4, 0.5) is 19.2 Å². The van der Waals surface area contributed by atoms with E-state index in [4.69, 9.17) is 9.26 Å². The molecule has 7 nitrogen and oxygen atoms in total. The number of rotatable bonds is 4. The van der Waals surface area contributed by atoms with Crippen molar-refractivity contribution < 1.29 is 27.2 Å². The molecule has 0 spiro atoms. The average molecular weight is 402 g/mol. The first-order chi connectivity index (χ1) is 13.4. The number of esters is 1. The fraction of sp³-hybridized carbons (Fsp3) is 0.833. The topological polar surface area (TPSA) is 71.7 Å². The van der Waals surface area contributed by atoms with Crippen molar-refractivity contribution in [2.75, 3.05) is 24.6 Å². The van der Waals surface area contributed by atoms with Crippen molar-refractivity contribution in [3.63, 3.8) is 0 Å². The number of ether oxygens (including phenoxy) is 1. The number of likely N-dealkylation sites (tertiary alicyclic amines) is 1. The molecule has 0 saturated carbocycles. The number of alkyl halides is 3. The molecule has 0 aromatic carbocycles. The zero-order chi connectivity index (χ0) is 19.9. The molecule has 3 fully saturated rings. The number of piperidine rings is 2. The van der Waals surface area contributed by atoms with Crippen molar-refractivity contribution in [3.8, 4) is 0 Å². The lowest BCUT2D eigenvalue weighted by Crippen LogP contribution is -2.52. The Kier molecular flexibility index (Phi) is 5.24. The molecular formula is C18H25F3N4O3. The molecule has 4 rings (SSSR count). The maximum absolute atomic E-state index is 12.8. The summed E-state index contributed by atoms with van der Waals surface area (Å²) in [6, 6.07) is 0.599. The smallest absolute Gasteiger partial charge is 0.455 e. The monoisotopic (exact) mass is 402 g/mol. The molecule has 156 valence electrons. The highest BCUT2D eigenvalue weighted by Crippen LogP contribution is 2.41. The van der Waals surface area contributed by atoms with E-state index in [9.17, 15) is 18.0 Å². The summed E-state index contributed by atoms with van der Waals surface area (Å²) in [6.07, 6.45) is 0.575. The second kappa shape index (κ2) is 7.53. The van der Waals surface area contributed by atoms with Gasteiger partial charge in [0.25, 0.3) is 5.82 Å². The van der Waals surface area contributed by atoms with Gasteiger partial charge in [-0.3, -0.25) is 4.79 Å². The van der Waals surface area contributed by atoms with Crippen LogP contribution in [0.15, 0.2) is 4.52 Å². The van der Waals surface area contributed by atoms with Crippen LogP contribution in [0.25, 0.3) is 0 Å². The van der Waals surface area contributed by atoms with Crippen molar-refractivity contribution >= 4 is 12.0 Å². The second-order valence-corrected chi connectivity index (χ2v) is 7.88. The van der Waals surface area contributed by atoms with Crippen LogP contribution in [-0.2, 0) is 15.7 Å². The zero-order valence-corrected chi connectivity index (χ0v) is 15.8. The lowest BCUT2D eigenvalue weighted by molar-refractivity contribution is -0.150. The molecule has 1 aromatic heterocycles. The number of carbonyl (C=O) groups excluding carboxylic acids is 1. The molecule has 28 heavy (non-hydrogen) atoms. The Morgan fingerprint density at radius 2 is 1.79 bits per heavy atom. The fourth-order valence-electron chi connectivity index (χ4n) is 4.95. The molecule has 0 amide bonds. The van der Waals surface area contributed by atoms with Gasteiger partial charge in [-0.2, -0.15) is 18.2 Å². The van der Waals surface area contributed by atoms with Crippen molar-refractivity contribution in [2.45, 2.75) is 69.8 Å². The third-order valence-corrected chi connectivity index (χ3v) is 6.26. The number of halogens is 3. The minimum Gasteiger partial charge on any atom is -0.466 e. The molecule has 2 bridgehead atoms. The summed E-state index contributed by atoms with van der Waals surface area (Å²) in [4.78, 5) is 19.8. The molecule has 0 radical (unpaired) electrons. The van der Waals surface area contributed by atoms with Gasteiger partial charge in [0.1, 0.15) is 0 Å². The summed E-state index contributed by atoms with van der Waals surface area (Å²) in [5, 5.41) is 3.10. The average Bonchev–Trinajstić information content (AvgIpc) is 3.24. The number of nitrogens with zero attached hydrogens (tertiary/aromatic N) is 4. The normalized spacial score (nSPS) is 29.3. The molecule has 2 atom stereocenters. The molecular weight excluding hydrogens is 377 g/mol. The number of anilines is 1. The van der Waals surface area contributed by atoms with Gasteiger partial charge in [-0.15, -0.1) is 0 Å². The van der Waals surface area contributed by atoms with Gasteiger partial charge in [0.15, 0.2) is 0 Å². The summed E-state index contributed by atoms with van der Waals surface area (Å²) in [5.74, 6) is -1.34. The summed E-state index contributed by atoms with van der Waals surface area (Å²) in [6.45, 7) is 3.93. The fourth-order valence-corrected chi connectivity index (χ4v) is 4.95. The molecule has 1 aromatic rings. The Labute approximate surface area is 161 Å². The number of aromatic nitrogens is 2. The molecule has 4 heterocycles. The number of hydrogen-bond acceptors (Lipinski definition) is 7. The minimum atomic E-state index is -4.59. The van der Waals surface area contributed by atoms with Gasteiger partial charge in [0.2, 0.25) is 0 Å². The van der Waals surface area contributed by atoms with Crippen LogP contribution in [0.5, 0.6) is 0 Å². The first-order valence-electron chi connectivity index (χ1n) is 9.96. The first-order valence-corrected chi connectivity index (χ1v) is 9.96. The van der Waals surface area contributed by atoms with Crippen molar-refractivity contribution in [1.82, 2.24) is 15.0 Å². The largest absolute Gasteiger partial charge is 0.466 e. The van der Waals surface area contributed by atoms with Gasteiger partial charge in [-0.1, -0.05) is 0 Å². The highest BCUT2D eigenvalue weighted by atomic mass is 19.4. The van der Waals surface area contributed by atoms with Crippen molar-refractivity contribution in [1.29, 1.82) is 0 Å². The lowest BCUT2D eigenvalue weighted by Gasteiger charge is -2.44. The van der Waals surface area contributed by atoms with Crippen molar-refractivity contribution in [2.24, 2.45) is 5.92 Å². The van der Waals surface area contributed by atoms with Crippen LogP contribution in [0, 0.1) is 5.92 Å². The van der Waals surface area contributed by atoms with E-state index in [2.05, 4.69) is 15.0 Å². The van der Waals surface area contributed by atoms with Crippen LogP contribution < -0.4 is 4.90 Å². The summed E-state index contributed by atoms with van der Waals surface area (Å²) < 4.78 is 48.4. The van der Waals surface area contributed by atoms with Crippen LogP contribution >= 0.6 is 0 Å². The van der Waals surface area contributed by atoms with Gasteiger partial charge in [-0.25, -0.2) is 0 Å². The van der Waals surface area contributed by atoms with E-state index in [1.54, 1.807) is 0 Å². The highest BCUT2D eigenvalue weighted by Gasteiger charge is 2.46. The number of carbonyl (C=O) groups is 1. The Balaban J connectivity index is 1.37. The van der Waals surface area contributed by atoms with Gasteiger partial charge in [0, 0.05) is 18.1 Å². The van der Waals surface area contributed by atoms with Gasteiger partial charge in [-0.05, 0) is 63.7 Å². The van der Waals surface area contributed by atoms with Gasteiger partial charge < -0.3 is 19.1 Å². The Hall–Kier alpha value is -1.84.